The minimum atomic E-state index is -0.447. The third kappa shape index (κ3) is 9.53. The summed E-state index contributed by atoms with van der Waals surface area (Å²) in [6, 6.07) is 6.31. The zero-order valence-corrected chi connectivity index (χ0v) is 22.1. The highest BCUT2D eigenvalue weighted by Crippen LogP contribution is 2.20. The summed E-state index contributed by atoms with van der Waals surface area (Å²) in [5.41, 5.74) is 1.93. The number of aryl methyl sites for hydroxylation is 1. The number of carbonyl (C=O) groups excluding carboxylic acids is 1. The Balaban J connectivity index is 0.00000480. The molecule has 0 saturated carbocycles. The molecule has 0 bridgehead atoms. The molecule has 7 nitrogen and oxygen atoms in total. The van der Waals surface area contributed by atoms with Crippen molar-refractivity contribution < 1.29 is 14.3 Å². The van der Waals surface area contributed by atoms with Crippen LogP contribution in [-0.4, -0.2) is 62.9 Å². The summed E-state index contributed by atoms with van der Waals surface area (Å²) in [7, 11) is 3.49. The summed E-state index contributed by atoms with van der Waals surface area (Å²) in [6.07, 6.45) is 2.61. The SMILES string of the molecule is CN=C(NCCc1ccc(C)c(OC)c1)NCC1CCN(C(=O)OC(C)(C)C)CC1.I. The van der Waals surface area contributed by atoms with Crippen LogP contribution in [0.5, 0.6) is 5.75 Å². The molecule has 1 aromatic carbocycles. The molecule has 176 valence electrons. The van der Waals surface area contributed by atoms with Crippen LogP contribution in [0.15, 0.2) is 23.2 Å². The van der Waals surface area contributed by atoms with E-state index in [1.165, 1.54) is 5.56 Å². The second-order valence-corrected chi connectivity index (χ2v) is 8.84. The highest BCUT2D eigenvalue weighted by molar-refractivity contribution is 14.0. The van der Waals surface area contributed by atoms with Crippen LogP contribution >= 0.6 is 24.0 Å². The fourth-order valence-corrected chi connectivity index (χ4v) is 3.45. The zero-order valence-electron chi connectivity index (χ0n) is 19.8. The van der Waals surface area contributed by atoms with E-state index < -0.39 is 5.60 Å². The number of hydrogen-bond donors (Lipinski definition) is 2. The predicted molar refractivity (Wildman–Crippen MR) is 137 cm³/mol. The molecule has 0 unspecified atom stereocenters. The van der Waals surface area contributed by atoms with E-state index in [0.29, 0.717) is 5.92 Å². The first kappa shape index (κ1) is 27.3. The molecular weight excluding hydrogens is 507 g/mol. The summed E-state index contributed by atoms with van der Waals surface area (Å²) in [5, 5.41) is 6.79. The lowest BCUT2D eigenvalue weighted by Gasteiger charge is -2.33. The quantitative estimate of drug-likeness (QED) is 0.321. The average molecular weight is 546 g/mol. The summed E-state index contributed by atoms with van der Waals surface area (Å²) >= 11 is 0. The van der Waals surface area contributed by atoms with Crippen molar-refractivity contribution >= 4 is 36.0 Å². The van der Waals surface area contributed by atoms with Gasteiger partial charge in [-0.25, -0.2) is 4.79 Å². The lowest BCUT2D eigenvalue weighted by molar-refractivity contribution is 0.0185. The van der Waals surface area contributed by atoms with E-state index in [0.717, 1.165) is 62.7 Å². The number of hydrogen-bond acceptors (Lipinski definition) is 4. The van der Waals surface area contributed by atoms with Crippen molar-refractivity contribution in [3.8, 4) is 5.75 Å². The standard InChI is InChI=1S/C23H38N4O3.HI/c1-17-7-8-18(15-20(17)29-6)9-12-25-21(24-5)26-16-19-10-13-27(14-11-19)22(28)30-23(2,3)4;/h7-8,15,19H,9-14,16H2,1-6H3,(H2,24,25,26);1H. The van der Waals surface area contributed by atoms with E-state index in [9.17, 15) is 4.79 Å². The van der Waals surface area contributed by atoms with E-state index in [4.69, 9.17) is 9.47 Å². The number of carbonyl (C=O) groups is 1. The first-order chi connectivity index (χ1) is 14.2. The van der Waals surface area contributed by atoms with Crippen molar-refractivity contribution in [2.45, 2.75) is 52.6 Å². The van der Waals surface area contributed by atoms with Gasteiger partial charge in [0.25, 0.3) is 0 Å². The minimum Gasteiger partial charge on any atom is -0.496 e. The monoisotopic (exact) mass is 546 g/mol. The van der Waals surface area contributed by atoms with E-state index in [1.54, 1.807) is 14.2 Å². The number of methoxy groups -OCH3 is 1. The van der Waals surface area contributed by atoms with Crippen LogP contribution in [-0.2, 0) is 11.2 Å². The highest BCUT2D eigenvalue weighted by atomic mass is 127. The Hall–Kier alpha value is -1.71. The minimum absolute atomic E-state index is 0. The number of halogens is 1. The Bertz CT molecular complexity index is 726. The molecule has 2 rings (SSSR count). The van der Waals surface area contributed by atoms with Crippen molar-refractivity contribution in [3.05, 3.63) is 29.3 Å². The van der Waals surface area contributed by atoms with Gasteiger partial charge in [0.05, 0.1) is 7.11 Å². The number of benzene rings is 1. The van der Waals surface area contributed by atoms with Crippen LogP contribution in [0.1, 0.15) is 44.7 Å². The van der Waals surface area contributed by atoms with E-state index in [-0.39, 0.29) is 30.1 Å². The maximum atomic E-state index is 12.2. The van der Waals surface area contributed by atoms with Gasteiger partial charge in [-0.3, -0.25) is 4.99 Å². The lowest BCUT2D eigenvalue weighted by atomic mass is 9.97. The molecule has 1 amide bonds. The summed E-state index contributed by atoms with van der Waals surface area (Å²) < 4.78 is 10.9. The van der Waals surface area contributed by atoms with Crippen molar-refractivity contribution in [1.82, 2.24) is 15.5 Å². The molecular formula is C23H39IN4O3. The molecule has 1 heterocycles. The molecule has 0 aromatic heterocycles. The number of amides is 1. The summed E-state index contributed by atoms with van der Waals surface area (Å²) in [6.45, 7) is 10.9. The number of rotatable bonds is 6. The van der Waals surface area contributed by atoms with Crippen molar-refractivity contribution in [3.63, 3.8) is 0 Å². The first-order valence-electron chi connectivity index (χ1n) is 10.8. The molecule has 2 N–H and O–H groups in total. The molecule has 8 heteroatoms. The number of ether oxygens (including phenoxy) is 2. The summed E-state index contributed by atoms with van der Waals surface area (Å²) in [4.78, 5) is 18.3. The second kappa shape index (κ2) is 13.0. The number of nitrogens with zero attached hydrogens (tertiary/aromatic N) is 2. The van der Waals surface area contributed by atoms with Gasteiger partial charge >= 0.3 is 6.09 Å². The molecule has 0 atom stereocenters. The third-order valence-electron chi connectivity index (χ3n) is 5.23. The Kier molecular flexibility index (Phi) is 11.4. The van der Waals surface area contributed by atoms with Gasteiger partial charge in [0, 0.05) is 33.2 Å². The highest BCUT2D eigenvalue weighted by Gasteiger charge is 2.26. The smallest absolute Gasteiger partial charge is 0.410 e. The number of piperidine rings is 1. The Morgan fingerprint density at radius 1 is 1.23 bits per heavy atom. The van der Waals surface area contributed by atoms with Gasteiger partial charge < -0.3 is 25.0 Å². The fraction of sp³-hybridized carbons (Fsp3) is 0.652. The molecule has 31 heavy (non-hydrogen) atoms. The second-order valence-electron chi connectivity index (χ2n) is 8.84. The van der Waals surface area contributed by atoms with Crippen LogP contribution in [0, 0.1) is 12.8 Å². The van der Waals surface area contributed by atoms with Gasteiger partial charge in [0.2, 0.25) is 0 Å². The van der Waals surface area contributed by atoms with Gasteiger partial charge in [-0.05, 0) is 70.1 Å². The van der Waals surface area contributed by atoms with Gasteiger partial charge in [-0.2, -0.15) is 0 Å². The van der Waals surface area contributed by atoms with Crippen molar-refractivity contribution in [2.75, 3.05) is 40.3 Å². The molecule has 1 aliphatic rings. The van der Waals surface area contributed by atoms with E-state index in [2.05, 4.69) is 33.8 Å². The van der Waals surface area contributed by atoms with Crippen LogP contribution in [0.4, 0.5) is 4.79 Å². The van der Waals surface area contributed by atoms with Crippen LogP contribution in [0.3, 0.4) is 0 Å². The van der Waals surface area contributed by atoms with Crippen molar-refractivity contribution in [1.29, 1.82) is 0 Å². The normalized spacial score (nSPS) is 15.2. The van der Waals surface area contributed by atoms with Gasteiger partial charge in [-0.15, -0.1) is 24.0 Å². The van der Waals surface area contributed by atoms with Crippen LogP contribution in [0.25, 0.3) is 0 Å². The first-order valence-corrected chi connectivity index (χ1v) is 10.8. The topological polar surface area (TPSA) is 75.2 Å². The third-order valence-corrected chi connectivity index (χ3v) is 5.23. The number of guanidine groups is 1. The van der Waals surface area contributed by atoms with Gasteiger partial charge in [0.15, 0.2) is 5.96 Å². The fourth-order valence-electron chi connectivity index (χ4n) is 3.45. The summed E-state index contributed by atoms with van der Waals surface area (Å²) in [5.74, 6) is 2.25. The molecule has 1 aromatic rings. The maximum Gasteiger partial charge on any atom is 0.410 e. The molecule has 0 spiro atoms. The number of aliphatic imine (C=N–C) groups is 1. The number of nitrogens with one attached hydrogen (secondary N) is 2. The molecule has 0 aliphatic carbocycles. The Morgan fingerprint density at radius 2 is 1.90 bits per heavy atom. The molecule has 1 fully saturated rings. The Labute approximate surface area is 204 Å². The largest absolute Gasteiger partial charge is 0.496 e. The van der Waals surface area contributed by atoms with Crippen molar-refractivity contribution in [2.24, 2.45) is 10.9 Å². The Morgan fingerprint density at radius 3 is 2.48 bits per heavy atom. The maximum absolute atomic E-state index is 12.2. The van der Waals surface area contributed by atoms with E-state index in [1.807, 2.05) is 32.6 Å². The number of likely N-dealkylation sites (tertiary alicyclic amines) is 1. The van der Waals surface area contributed by atoms with Crippen LogP contribution in [0.2, 0.25) is 0 Å². The molecule has 1 aliphatic heterocycles. The zero-order chi connectivity index (χ0) is 22.1. The van der Waals surface area contributed by atoms with Gasteiger partial charge in [-0.1, -0.05) is 12.1 Å². The predicted octanol–water partition coefficient (Wildman–Crippen LogP) is 3.98. The molecule has 1 saturated heterocycles. The van der Waals surface area contributed by atoms with Crippen LogP contribution < -0.4 is 15.4 Å². The lowest BCUT2D eigenvalue weighted by Crippen LogP contribution is -2.45. The molecule has 0 radical (unpaired) electrons. The van der Waals surface area contributed by atoms with E-state index >= 15 is 0 Å². The van der Waals surface area contributed by atoms with Gasteiger partial charge in [0.1, 0.15) is 11.4 Å². The average Bonchev–Trinajstić information content (AvgIpc) is 2.70.